The zero-order valence-corrected chi connectivity index (χ0v) is 10.3. The topological polar surface area (TPSA) is 46.9 Å². The molecule has 4 nitrogen and oxygen atoms in total. The average Bonchev–Trinajstić information content (AvgIpc) is 2.86. The van der Waals surface area contributed by atoms with Crippen LogP contribution in [0.5, 0.6) is 0 Å². The van der Waals surface area contributed by atoms with Crippen molar-refractivity contribution in [2.75, 3.05) is 0 Å². The summed E-state index contributed by atoms with van der Waals surface area (Å²) in [7, 11) is 0. The van der Waals surface area contributed by atoms with E-state index in [2.05, 4.69) is 14.9 Å². The van der Waals surface area contributed by atoms with Gasteiger partial charge >= 0.3 is 0 Å². The maximum Gasteiger partial charge on any atom is 0.254 e. The third-order valence-corrected chi connectivity index (χ3v) is 3.43. The Morgan fingerprint density at radius 1 is 1.42 bits per heavy atom. The van der Waals surface area contributed by atoms with Gasteiger partial charge < -0.3 is 9.88 Å². The minimum absolute atomic E-state index is 0.0382. The normalized spacial score (nSPS) is 17.8. The van der Waals surface area contributed by atoms with E-state index in [1.165, 1.54) is 12.1 Å². The van der Waals surface area contributed by atoms with Crippen molar-refractivity contribution in [2.45, 2.75) is 25.4 Å². The molecule has 1 aliphatic heterocycles. The number of carbonyl (C=O) groups excluding carboxylic acids is 1. The summed E-state index contributed by atoms with van der Waals surface area (Å²) in [4.78, 5) is 16.1. The summed E-state index contributed by atoms with van der Waals surface area (Å²) in [6, 6.07) is 6.07. The standard InChI is InChI=1S/C14H14FN3O/c15-13-4-2-1-3-12(13)14(19)17-10-5-6-18-9-16-8-11(18)7-10/h1-4,8-10H,5-7H2,(H,17,19). The lowest BCUT2D eigenvalue weighted by Gasteiger charge is -2.24. The molecule has 2 heterocycles. The largest absolute Gasteiger partial charge is 0.349 e. The number of rotatable bonds is 2. The molecule has 0 bridgehead atoms. The number of fused-ring (bicyclic) bond motifs is 1. The Kier molecular flexibility index (Phi) is 3.03. The summed E-state index contributed by atoms with van der Waals surface area (Å²) in [5.41, 5.74) is 1.20. The van der Waals surface area contributed by atoms with Crippen LogP contribution >= 0.6 is 0 Å². The number of carbonyl (C=O) groups is 1. The van der Waals surface area contributed by atoms with E-state index in [1.807, 2.05) is 0 Å². The van der Waals surface area contributed by atoms with E-state index in [-0.39, 0.29) is 17.5 Å². The second-order valence-electron chi connectivity index (χ2n) is 4.72. The molecule has 1 atom stereocenters. The predicted octanol–water partition coefficient (Wildman–Crippen LogP) is 1.77. The molecule has 1 aromatic carbocycles. The highest BCUT2D eigenvalue weighted by Crippen LogP contribution is 2.15. The van der Waals surface area contributed by atoms with Gasteiger partial charge in [-0.15, -0.1) is 0 Å². The van der Waals surface area contributed by atoms with Crippen molar-refractivity contribution < 1.29 is 9.18 Å². The van der Waals surface area contributed by atoms with E-state index in [0.717, 1.165) is 25.1 Å². The van der Waals surface area contributed by atoms with Crippen LogP contribution in [-0.2, 0) is 13.0 Å². The Labute approximate surface area is 110 Å². The highest BCUT2D eigenvalue weighted by molar-refractivity contribution is 5.94. The number of halogens is 1. The molecule has 1 aliphatic rings. The van der Waals surface area contributed by atoms with E-state index in [0.29, 0.717) is 0 Å². The molecular weight excluding hydrogens is 245 g/mol. The van der Waals surface area contributed by atoms with Gasteiger partial charge in [0.15, 0.2) is 0 Å². The van der Waals surface area contributed by atoms with Crippen molar-refractivity contribution in [3.63, 3.8) is 0 Å². The van der Waals surface area contributed by atoms with Gasteiger partial charge in [0, 0.05) is 30.9 Å². The van der Waals surface area contributed by atoms with Gasteiger partial charge in [-0.1, -0.05) is 12.1 Å². The summed E-state index contributed by atoms with van der Waals surface area (Å²) in [5.74, 6) is -0.836. The highest BCUT2D eigenvalue weighted by Gasteiger charge is 2.21. The first-order valence-corrected chi connectivity index (χ1v) is 6.28. The summed E-state index contributed by atoms with van der Waals surface area (Å²) in [6.07, 6.45) is 5.18. The monoisotopic (exact) mass is 259 g/mol. The fourth-order valence-electron chi connectivity index (χ4n) is 2.40. The van der Waals surface area contributed by atoms with Crippen molar-refractivity contribution in [3.05, 3.63) is 53.9 Å². The third-order valence-electron chi connectivity index (χ3n) is 3.43. The SMILES string of the molecule is O=C(NC1CCn2cncc2C1)c1ccccc1F. The van der Waals surface area contributed by atoms with Gasteiger partial charge in [0.25, 0.3) is 5.91 Å². The van der Waals surface area contributed by atoms with Crippen molar-refractivity contribution in [1.82, 2.24) is 14.9 Å². The number of benzene rings is 1. The van der Waals surface area contributed by atoms with E-state index in [1.54, 1.807) is 24.7 Å². The van der Waals surface area contributed by atoms with Crippen LogP contribution in [0.1, 0.15) is 22.5 Å². The molecule has 19 heavy (non-hydrogen) atoms. The zero-order valence-electron chi connectivity index (χ0n) is 10.3. The Balaban J connectivity index is 1.70. The average molecular weight is 259 g/mol. The number of imidazole rings is 1. The number of amides is 1. The van der Waals surface area contributed by atoms with Crippen LogP contribution < -0.4 is 5.32 Å². The molecule has 0 fully saturated rings. The summed E-state index contributed by atoms with van der Waals surface area (Å²) in [6.45, 7) is 0.831. The highest BCUT2D eigenvalue weighted by atomic mass is 19.1. The quantitative estimate of drug-likeness (QED) is 0.893. The van der Waals surface area contributed by atoms with Crippen LogP contribution in [0.4, 0.5) is 4.39 Å². The van der Waals surface area contributed by atoms with Gasteiger partial charge in [-0.3, -0.25) is 4.79 Å². The van der Waals surface area contributed by atoms with Gasteiger partial charge in [0.1, 0.15) is 5.82 Å². The van der Waals surface area contributed by atoms with Crippen LogP contribution in [0.25, 0.3) is 0 Å². The molecule has 3 rings (SSSR count). The molecule has 5 heteroatoms. The van der Waals surface area contributed by atoms with Crippen molar-refractivity contribution in [3.8, 4) is 0 Å². The van der Waals surface area contributed by atoms with Gasteiger partial charge in [0.2, 0.25) is 0 Å². The molecule has 0 aliphatic carbocycles. The number of hydrogen-bond acceptors (Lipinski definition) is 2. The van der Waals surface area contributed by atoms with Crippen molar-refractivity contribution in [2.24, 2.45) is 0 Å². The van der Waals surface area contributed by atoms with Gasteiger partial charge in [0.05, 0.1) is 11.9 Å². The first-order valence-electron chi connectivity index (χ1n) is 6.28. The number of nitrogens with one attached hydrogen (secondary N) is 1. The molecule has 98 valence electrons. The van der Waals surface area contributed by atoms with Gasteiger partial charge in [-0.25, -0.2) is 9.37 Å². The first-order chi connectivity index (χ1) is 9.24. The Morgan fingerprint density at radius 2 is 2.26 bits per heavy atom. The fraction of sp³-hybridized carbons (Fsp3) is 0.286. The minimum atomic E-state index is -0.485. The second kappa shape index (κ2) is 4.84. The van der Waals surface area contributed by atoms with E-state index in [4.69, 9.17) is 0 Å². The molecule has 2 aromatic rings. The molecule has 0 radical (unpaired) electrons. The lowest BCUT2D eigenvalue weighted by atomic mass is 10.0. The smallest absolute Gasteiger partial charge is 0.254 e. The Bertz CT molecular complexity index is 608. The lowest BCUT2D eigenvalue weighted by Crippen LogP contribution is -2.40. The summed E-state index contributed by atoms with van der Waals surface area (Å²) in [5, 5.41) is 2.89. The number of aryl methyl sites for hydroxylation is 1. The lowest BCUT2D eigenvalue weighted by molar-refractivity contribution is 0.0927. The number of hydrogen-bond donors (Lipinski definition) is 1. The Hall–Kier alpha value is -2.17. The molecule has 0 saturated heterocycles. The van der Waals surface area contributed by atoms with Crippen molar-refractivity contribution >= 4 is 5.91 Å². The first kappa shape index (κ1) is 11.9. The Morgan fingerprint density at radius 3 is 3.11 bits per heavy atom. The van der Waals surface area contributed by atoms with E-state index < -0.39 is 5.82 Å². The molecule has 1 aromatic heterocycles. The van der Waals surface area contributed by atoms with Crippen LogP contribution in [0.2, 0.25) is 0 Å². The molecular formula is C14H14FN3O. The van der Waals surface area contributed by atoms with Crippen LogP contribution in [0, 0.1) is 5.82 Å². The molecule has 1 unspecified atom stereocenters. The number of aromatic nitrogens is 2. The minimum Gasteiger partial charge on any atom is -0.349 e. The summed E-state index contributed by atoms with van der Waals surface area (Å²) >= 11 is 0. The number of nitrogens with zero attached hydrogens (tertiary/aromatic N) is 2. The fourth-order valence-corrected chi connectivity index (χ4v) is 2.40. The second-order valence-corrected chi connectivity index (χ2v) is 4.72. The van der Waals surface area contributed by atoms with E-state index >= 15 is 0 Å². The van der Waals surface area contributed by atoms with Gasteiger partial charge in [-0.05, 0) is 18.6 Å². The zero-order chi connectivity index (χ0) is 13.2. The van der Waals surface area contributed by atoms with E-state index in [9.17, 15) is 9.18 Å². The van der Waals surface area contributed by atoms with Crippen LogP contribution in [0.3, 0.4) is 0 Å². The predicted molar refractivity (Wildman–Crippen MR) is 68.2 cm³/mol. The van der Waals surface area contributed by atoms with Crippen molar-refractivity contribution in [1.29, 1.82) is 0 Å². The third kappa shape index (κ3) is 2.36. The van der Waals surface area contributed by atoms with Gasteiger partial charge in [-0.2, -0.15) is 0 Å². The molecule has 0 spiro atoms. The molecule has 1 N–H and O–H groups in total. The van der Waals surface area contributed by atoms with Crippen LogP contribution in [0.15, 0.2) is 36.8 Å². The maximum atomic E-state index is 13.5. The molecule has 1 amide bonds. The summed E-state index contributed by atoms with van der Waals surface area (Å²) < 4.78 is 15.6. The maximum absolute atomic E-state index is 13.5. The molecule has 0 saturated carbocycles. The van der Waals surface area contributed by atoms with Crippen LogP contribution in [-0.4, -0.2) is 21.5 Å².